The monoisotopic (exact) mass is 281 g/mol. The van der Waals surface area contributed by atoms with E-state index in [0.717, 1.165) is 28.2 Å². The summed E-state index contributed by atoms with van der Waals surface area (Å²) in [5.74, 6) is 1.80. The Morgan fingerprint density at radius 3 is 2.76 bits per heavy atom. The van der Waals surface area contributed by atoms with E-state index in [2.05, 4.69) is 30.4 Å². The fourth-order valence-electron chi connectivity index (χ4n) is 2.36. The number of para-hydroxylation sites is 1. The van der Waals surface area contributed by atoms with E-state index < -0.39 is 0 Å². The summed E-state index contributed by atoms with van der Waals surface area (Å²) in [5, 5.41) is 4.51. The van der Waals surface area contributed by atoms with Crippen molar-refractivity contribution < 1.29 is 9.15 Å². The maximum absolute atomic E-state index is 5.81. The van der Waals surface area contributed by atoms with Gasteiger partial charge in [0.1, 0.15) is 17.1 Å². The van der Waals surface area contributed by atoms with Crippen LogP contribution in [0, 0.1) is 6.92 Å². The largest absolute Gasteiger partial charge is 0.492 e. The van der Waals surface area contributed by atoms with Crippen LogP contribution in [0.25, 0.3) is 11.0 Å². The molecule has 0 spiro atoms. The van der Waals surface area contributed by atoms with Gasteiger partial charge in [-0.1, -0.05) is 24.3 Å². The first kappa shape index (κ1) is 13.6. The first-order valence-corrected chi connectivity index (χ1v) is 7.21. The molecule has 1 aromatic heterocycles. The van der Waals surface area contributed by atoms with Crippen molar-refractivity contribution in [2.45, 2.75) is 20.4 Å². The minimum atomic E-state index is 0.637. The summed E-state index contributed by atoms with van der Waals surface area (Å²) in [5.41, 5.74) is 3.10. The van der Waals surface area contributed by atoms with Crippen LogP contribution in [0.5, 0.6) is 5.75 Å². The molecule has 0 unspecified atom stereocenters. The van der Waals surface area contributed by atoms with Crippen LogP contribution < -0.4 is 10.1 Å². The molecule has 1 N–H and O–H groups in total. The summed E-state index contributed by atoms with van der Waals surface area (Å²) in [6, 6.07) is 16.3. The second-order valence-corrected chi connectivity index (χ2v) is 5.04. The van der Waals surface area contributed by atoms with Crippen molar-refractivity contribution >= 4 is 16.7 Å². The molecule has 0 radical (unpaired) electrons. The van der Waals surface area contributed by atoms with Crippen molar-refractivity contribution in [1.82, 2.24) is 0 Å². The van der Waals surface area contributed by atoms with Crippen LogP contribution in [0.3, 0.4) is 0 Å². The van der Waals surface area contributed by atoms with Crippen LogP contribution in [0.2, 0.25) is 0 Å². The van der Waals surface area contributed by atoms with E-state index in [1.165, 1.54) is 5.56 Å². The summed E-state index contributed by atoms with van der Waals surface area (Å²) in [4.78, 5) is 0. The van der Waals surface area contributed by atoms with E-state index in [-0.39, 0.29) is 0 Å². The van der Waals surface area contributed by atoms with E-state index in [1.807, 2.05) is 37.3 Å². The van der Waals surface area contributed by atoms with Gasteiger partial charge in [0.25, 0.3) is 0 Å². The van der Waals surface area contributed by atoms with Crippen molar-refractivity contribution in [3.8, 4) is 5.75 Å². The van der Waals surface area contributed by atoms with Crippen LogP contribution in [0.15, 0.2) is 52.9 Å². The topological polar surface area (TPSA) is 34.4 Å². The highest BCUT2D eigenvalue weighted by Gasteiger charge is 2.06. The number of anilines is 1. The highest BCUT2D eigenvalue weighted by Crippen LogP contribution is 2.27. The molecule has 0 aliphatic heterocycles. The predicted molar refractivity (Wildman–Crippen MR) is 85.9 cm³/mol. The van der Waals surface area contributed by atoms with Gasteiger partial charge in [-0.3, -0.25) is 0 Å². The minimum Gasteiger partial charge on any atom is -0.492 e. The lowest BCUT2D eigenvalue weighted by Gasteiger charge is -2.12. The van der Waals surface area contributed by atoms with Crippen LogP contribution in [0.4, 0.5) is 5.69 Å². The summed E-state index contributed by atoms with van der Waals surface area (Å²) in [7, 11) is 0. The van der Waals surface area contributed by atoms with Gasteiger partial charge in [0.2, 0.25) is 0 Å². The van der Waals surface area contributed by atoms with Crippen molar-refractivity contribution in [2.75, 3.05) is 11.9 Å². The van der Waals surface area contributed by atoms with E-state index in [0.29, 0.717) is 13.2 Å². The Labute approximate surface area is 124 Å². The molecule has 3 aromatic rings. The van der Waals surface area contributed by atoms with E-state index in [9.17, 15) is 0 Å². The van der Waals surface area contributed by atoms with E-state index in [1.54, 1.807) is 0 Å². The molecule has 3 heteroatoms. The molecule has 0 atom stereocenters. The molecule has 0 saturated heterocycles. The lowest BCUT2D eigenvalue weighted by molar-refractivity contribution is 0.341. The zero-order valence-electron chi connectivity index (χ0n) is 12.3. The van der Waals surface area contributed by atoms with Gasteiger partial charge in [0.05, 0.1) is 18.8 Å². The molecular weight excluding hydrogens is 262 g/mol. The summed E-state index contributed by atoms with van der Waals surface area (Å²) >= 11 is 0. The van der Waals surface area contributed by atoms with E-state index in [4.69, 9.17) is 9.15 Å². The number of rotatable bonds is 5. The van der Waals surface area contributed by atoms with Crippen molar-refractivity contribution in [3.05, 3.63) is 59.9 Å². The normalized spacial score (nSPS) is 10.8. The summed E-state index contributed by atoms with van der Waals surface area (Å²) in [6.45, 7) is 5.34. The Bertz CT molecular complexity index is 713. The first-order valence-electron chi connectivity index (χ1n) is 7.21. The Hall–Kier alpha value is -2.42. The molecule has 108 valence electrons. The minimum absolute atomic E-state index is 0.637. The number of benzene rings is 2. The molecule has 3 rings (SSSR count). The third-order valence-corrected chi connectivity index (χ3v) is 3.37. The standard InChI is InChI=1S/C18H19NO2/c1-3-20-18-10-13(2)8-9-16(18)19-12-15-11-14-6-4-5-7-17(14)21-15/h4-11,19H,3,12H2,1-2H3. The Morgan fingerprint density at radius 2 is 1.95 bits per heavy atom. The Kier molecular flexibility index (Phi) is 3.82. The molecule has 0 saturated carbocycles. The number of furan rings is 1. The second kappa shape index (κ2) is 5.92. The molecule has 0 amide bonds. The SMILES string of the molecule is CCOc1cc(C)ccc1NCc1cc2ccccc2o1. The quantitative estimate of drug-likeness (QED) is 0.732. The molecule has 1 heterocycles. The first-order chi connectivity index (χ1) is 10.3. The lowest BCUT2D eigenvalue weighted by atomic mass is 10.2. The molecule has 21 heavy (non-hydrogen) atoms. The van der Waals surface area contributed by atoms with Gasteiger partial charge >= 0.3 is 0 Å². The lowest BCUT2D eigenvalue weighted by Crippen LogP contribution is -2.02. The van der Waals surface area contributed by atoms with E-state index >= 15 is 0 Å². The highest BCUT2D eigenvalue weighted by molar-refractivity contribution is 5.77. The fourth-order valence-corrected chi connectivity index (χ4v) is 2.36. The van der Waals surface area contributed by atoms with Gasteiger partial charge in [-0.05, 0) is 43.7 Å². The molecular formula is C18H19NO2. The fraction of sp³-hybridized carbons (Fsp3) is 0.222. The van der Waals surface area contributed by atoms with Crippen molar-refractivity contribution in [1.29, 1.82) is 0 Å². The number of fused-ring (bicyclic) bond motifs is 1. The zero-order valence-corrected chi connectivity index (χ0v) is 12.3. The highest BCUT2D eigenvalue weighted by atomic mass is 16.5. The zero-order chi connectivity index (χ0) is 14.7. The number of ether oxygens (including phenoxy) is 1. The number of nitrogens with one attached hydrogen (secondary N) is 1. The van der Waals surface area contributed by atoms with Gasteiger partial charge in [-0.25, -0.2) is 0 Å². The number of hydrogen-bond acceptors (Lipinski definition) is 3. The third-order valence-electron chi connectivity index (χ3n) is 3.37. The molecule has 2 aromatic carbocycles. The van der Waals surface area contributed by atoms with Crippen molar-refractivity contribution in [3.63, 3.8) is 0 Å². The maximum Gasteiger partial charge on any atom is 0.142 e. The molecule has 0 aliphatic carbocycles. The van der Waals surface area contributed by atoms with Gasteiger partial charge in [-0.2, -0.15) is 0 Å². The van der Waals surface area contributed by atoms with Gasteiger partial charge in [0.15, 0.2) is 0 Å². The van der Waals surface area contributed by atoms with Crippen LogP contribution in [-0.2, 0) is 6.54 Å². The average Bonchev–Trinajstić information content (AvgIpc) is 2.89. The smallest absolute Gasteiger partial charge is 0.142 e. The third kappa shape index (κ3) is 3.02. The summed E-state index contributed by atoms with van der Waals surface area (Å²) < 4.78 is 11.5. The molecule has 0 fully saturated rings. The second-order valence-electron chi connectivity index (χ2n) is 5.04. The Balaban J connectivity index is 1.77. The van der Waals surface area contributed by atoms with Gasteiger partial charge in [0, 0.05) is 5.39 Å². The molecule has 0 aliphatic rings. The predicted octanol–water partition coefficient (Wildman–Crippen LogP) is 4.75. The number of aryl methyl sites for hydroxylation is 1. The molecule has 3 nitrogen and oxygen atoms in total. The van der Waals surface area contributed by atoms with Crippen molar-refractivity contribution in [2.24, 2.45) is 0 Å². The summed E-state index contributed by atoms with van der Waals surface area (Å²) in [6.07, 6.45) is 0. The van der Waals surface area contributed by atoms with Gasteiger partial charge in [-0.15, -0.1) is 0 Å². The maximum atomic E-state index is 5.81. The average molecular weight is 281 g/mol. The van der Waals surface area contributed by atoms with Gasteiger partial charge < -0.3 is 14.5 Å². The van der Waals surface area contributed by atoms with Crippen LogP contribution in [0.1, 0.15) is 18.2 Å². The van der Waals surface area contributed by atoms with Crippen LogP contribution >= 0.6 is 0 Å². The number of hydrogen-bond donors (Lipinski definition) is 1. The molecule has 0 bridgehead atoms. The van der Waals surface area contributed by atoms with Crippen LogP contribution in [-0.4, -0.2) is 6.61 Å². The Morgan fingerprint density at radius 1 is 1.10 bits per heavy atom.